The lowest BCUT2D eigenvalue weighted by molar-refractivity contribution is -0.140. The standard InChI is InChI=1S/C13H17N3O2/c1-10-6-7-11(9-14)13(15-10)16(2)8-4-5-12(17)18-3/h6-7H,4-5,8H2,1-3H3. The van der Waals surface area contributed by atoms with Crippen LogP contribution in [-0.4, -0.2) is 31.7 Å². The maximum absolute atomic E-state index is 11.0. The first-order chi connectivity index (χ1) is 8.58. The van der Waals surface area contributed by atoms with Crippen LogP contribution in [0.15, 0.2) is 12.1 Å². The molecule has 0 bridgehead atoms. The van der Waals surface area contributed by atoms with E-state index in [-0.39, 0.29) is 5.97 Å². The number of nitriles is 1. The highest BCUT2D eigenvalue weighted by Gasteiger charge is 2.10. The molecular formula is C13H17N3O2. The number of anilines is 1. The Hall–Kier alpha value is -2.09. The molecular weight excluding hydrogens is 230 g/mol. The monoisotopic (exact) mass is 247 g/mol. The van der Waals surface area contributed by atoms with E-state index in [0.29, 0.717) is 30.8 Å². The minimum absolute atomic E-state index is 0.221. The number of carbonyl (C=O) groups is 1. The van der Waals surface area contributed by atoms with Crippen LogP contribution < -0.4 is 4.90 Å². The molecule has 0 amide bonds. The number of nitrogens with zero attached hydrogens (tertiary/aromatic N) is 3. The third-order valence-corrected chi connectivity index (χ3v) is 2.60. The Kier molecular flexibility index (Phi) is 5.12. The van der Waals surface area contributed by atoms with E-state index in [2.05, 4.69) is 15.8 Å². The van der Waals surface area contributed by atoms with Gasteiger partial charge in [0.2, 0.25) is 0 Å². The molecule has 0 radical (unpaired) electrons. The molecule has 0 N–H and O–H groups in total. The lowest BCUT2D eigenvalue weighted by Gasteiger charge is -2.19. The van der Waals surface area contributed by atoms with Gasteiger partial charge in [0.25, 0.3) is 0 Å². The van der Waals surface area contributed by atoms with E-state index in [0.717, 1.165) is 5.69 Å². The zero-order chi connectivity index (χ0) is 13.5. The first kappa shape index (κ1) is 14.0. The molecule has 0 spiro atoms. The van der Waals surface area contributed by atoms with Gasteiger partial charge in [-0.25, -0.2) is 4.98 Å². The van der Waals surface area contributed by atoms with E-state index in [1.54, 1.807) is 6.07 Å². The summed E-state index contributed by atoms with van der Waals surface area (Å²) in [6, 6.07) is 5.69. The van der Waals surface area contributed by atoms with Gasteiger partial charge in [-0.05, 0) is 25.5 Å². The number of rotatable bonds is 5. The predicted molar refractivity (Wildman–Crippen MR) is 68.2 cm³/mol. The second-order valence-corrected chi connectivity index (χ2v) is 4.04. The number of methoxy groups -OCH3 is 1. The van der Waals surface area contributed by atoms with Crippen molar-refractivity contribution in [1.82, 2.24) is 4.98 Å². The third-order valence-electron chi connectivity index (χ3n) is 2.60. The van der Waals surface area contributed by atoms with Crippen molar-refractivity contribution in [1.29, 1.82) is 5.26 Å². The number of hydrogen-bond donors (Lipinski definition) is 0. The van der Waals surface area contributed by atoms with Gasteiger partial charge in [-0.3, -0.25) is 4.79 Å². The van der Waals surface area contributed by atoms with Crippen LogP contribution in [0.25, 0.3) is 0 Å². The second kappa shape index (κ2) is 6.60. The number of esters is 1. The van der Waals surface area contributed by atoms with Gasteiger partial charge in [0.15, 0.2) is 0 Å². The molecule has 0 aromatic carbocycles. The molecule has 96 valence electrons. The maximum atomic E-state index is 11.0. The van der Waals surface area contributed by atoms with Crippen molar-refractivity contribution in [3.63, 3.8) is 0 Å². The lowest BCUT2D eigenvalue weighted by atomic mass is 10.2. The summed E-state index contributed by atoms with van der Waals surface area (Å²) in [6.07, 6.45) is 1.04. The SMILES string of the molecule is COC(=O)CCCN(C)c1nc(C)ccc1C#N. The third kappa shape index (κ3) is 3.74. The Morgan fingerprint density at radius 1 is 1.56 bits per heavy atom. The number of hydrogen-bond acceptors (Lipinski definition) is 5. The summed E-state index contributed by atoms with van der Waals surface area (Å²) in [4.78, 5) is 17.2. The van der Waals surface area contributed by atoms with Crippen LogP contribution in [0.5, 0.6) is 0 Å². The normalized spacial score (nSPS) is 9.67. The van der Waals surface area contributed by atoms with Crippen LogP contribution in [0, 0.1) is 18.3 Å². The van der Waals surface area contributed by atoms with Crippen molar-refractivity contribution in [3.8, 4) is 6.07 Å². The summed E-state index contributed by atoms with van der Waals surface area (Å²) >= 11 is 0. The summed E-state index contributed by atoms with van der Waals surface area (Å²) in [5.74, 6) is 0.434. The number of aryl methyl sites for hydroxylation is 1. The topological polar surface area (TPSA) is 66.2 Å². The molecule has 1 rings (SSSR count). The van der Waals surface area contributed by atoms with Crippen LogP contribution in [0.3, 0.4) is 0 Å². The van der Waals surface area contributed by atoms with Crippen molar-refractivity contribution >= 4 is 11.8 Å². The first-order valence-corrected chi connectivity index (χ1v) is 5.74. The van der Waals surface area contributed by atoms with Crippen LogP contribution >= 0.6 is 0 Å². The summed E-state index contributed by atoms with van der Waals surface area (Å²) in [5.41, 5.74) is 1.41. The van der Waals surface area contributed by atoms with E-state index in [9.17, 15) is 4.79 Å². The number of ether oxygens (including phenoxy) is 1. The average molecular weight is 247 g/mol. The van der Waals surface area contributed by atoms with Crippen molar-refractivity contribution in [2.24, 2.45) is 0 Å². The van der Waals surface area contributed by atoms with Gasteiger partial charge >= 0.3 is 5.97 Å². The Morgan fingerprint density at radius 3 is 2.89 bits per heavy atom. The molecule has 0 saturated heterocycles. The number of carbonyl (C=O) groups excluding carboxylic acids is 1. The molecule has 0 aliphatic rings. The van der Waals surface area contributed by atoms with E-state index in [1.165, 1.54) is 7.11 Å². The molecule has 5 nitrogen and oxygen atoms in total. The van der Waals surface area contributed by atoms with Crippen molar-refractivity contribution < 1.29 is 9.53 Å². The fraction of sp³-hybridized carbons (Fsp3) is 0.462. The fourth-order valence-electron chi connectivity index (χ4n) is 1.59. The van der Waals surface area contributed by atoms with Gasteiger partial charge in [-0.2, -0.15) is 5.26 Å². The fourth-order valence-corrected chi connectivity index (χ4v) is 1.59. The van der Waals surface area contributed by atoms with Gasteiger partial charge in [-0.1, -0.05) is 0 Å². The average Bonchev–Trinajstić information content (AvgIpc) is 2.38. The zero-order valence-electron chi connectivity index (χ0n) is 10.9. The molecule has 0 aliphatic carbocycles. The first-order valence-electron chi connectivity index (χ1n) is 5.74. The summed E-state index contributed by atoms with van der Waals surface area (Å²) in [5, 5.41) is 9.02. The van der Waals surface area contributed by atoms with Crippen LogP contribution in [-0.2, 0) is 9.53 Å². The molecule has 0 unspecified atom stereocenters. The smallest absolute Gasteiger partial charge is 0.305 e. The van der Waals surface area contributed by atoms with Gasteiger partial charge in [0.1, 0.15) is 11.9 Å². The molecule has 5 heteroatoms. The second-order valence-electron chi connectivity index (χ2n) is 4.04. The summed E-state index contributed by atoms with van der Waals surface area (Å²) in [7, 11) is 3.24. The Labute approximate surface area is 107 Å². The van der Waals surface area contributed by atoms with Crippen molar-refractivity contribution in [3.05, 3.63) is 23.4 Å². The minimum atomic E-state index is -0.221. The largest absolute Gasteiger partial charge is 0.469 e. The molecule has 0 atom stereocenters. The highest BCUT2D eigenvalue weighted by atomic mass is 16.5. The Balaban J connectivity index is 2.66. The highest BCUT2D eigenvalue weighted by Crippen LogP contribution is 2.16. The van der Waals surface area contributed by atoms with Gasteiger partial charge in [0.05, 0.1) is 12.7 Å². The Morgan fingerprint density at radius 2 is 2.28 bits per heavy atom. The molecule has 0 saturated carbocycles. The number of pyridine rings is 1. The van der Waals surface area contributed by atoms with E-state index in [1.807, 2.05) is 24.9 Å². The molecule has 18 heavy (non-hydrogen) atoms. The molecule has 1 aromatic heterocycles. The summed E-state index contributed by atoms with van der Waals surface area (Å²) < 4.78 is 4.58. The van der Waals surface area contributed by atoms with Crippen molar-refractivity contribution in [2.75, 3.05) is 25.6 Å². The van der Waals surface area contributed by atoms with Crippen molar-refractivity contribution in [2.45, 2.75) is 19.8 Å². The van der Waals surface area contributed by atoms with E-state index >= 15 is 0 Å². The van der Waals surface area contributed by atoms with Crippen LogP contribution in [0.1, 0.15) is 24.1 Å². The molecule has 0 fully saturated rings. The van der Waals surface area contributed by atoms with E-state index in [4.69, 9.17) is 5.26 Å². The minimum Gasteiger partial charge on any atom is -0.469 e. The number of aromatic nitrogens is 1. The maximum Gasteiger partial charge on any atom is 0.305 e. The lowest BCUT2D eigenvalue weighted by Crippen LogP contribution is -2.22. The predicted octanol–water partition coefficient (Wildman–Crippen LogP) is 1.65. The zero-order valence-corrected chi connectivity index (χ0v) is 10.9. The molecule has 1 aromatic rings. The molecule has 1 heterocycles. The molecule has 0 aliphatic heterocycles. The van der Waals surface area contributed by atoms with Crippen LogP contribution in [0.4, 0.5) is 5.82 Å². The van der Waals surface area contributed by atoms with E-state index < -0.39 is 0 Å². The summed E-state index contributed by atoms with van der Waals surface area (Å²) in [6.45, 7) is 2.53. The highest BCUT2D eigenvalue weighted by molar-refractivity contribution is 5.69. The van der Waals surface area contributed by atoms with Gasteiger partial charge in [-0.15, -0.1) is 0 Å². The van der Waals surface area contributed by atoms with Gasteiger partial charge < -0.3 is 9.64 Å². The van der Waals surface area contributed by atoms with Crippen LogP contribution in [0.2, 0.25) is 0 Å². The van der Waals surface area contributed by atoms with Gasteiger partial charge in [0, 0.05) is 25.7 Å². The quantitative estimate of drug-likeness (QED) is 0.740. The Bertz CT molecular complexity index is 466.